The van der Waals surface area contributed by atoms with Crippen molar-refractivity contribution in [1.29, 1.82) is 0 Å². The molecule has 0 bridgehead atoms. The van der Waals surface area contributed by atoms with Gasteiger partial charge in [0, 0.05) is 23.7 Å². The SMILES string of the molecule is Cn1c(=O)[nH]c2cc(C(=O)NC[C@](O)(c3cc4c(c(-c5ccc(F)cc5)n3)OC[C@]4(C)C(N)=O)C(F)(F)F)ccc21. The zero-order valence-corrected chi connectivity index (χ0v) is 21.6. The van der Waals surface area contributed by atoms with Crippen molar-refractivity contribution in [2.45, 2.75) is 24.1 Å². The molecule has 0 unspecified atom stereocenters. The van der Waals surface area contributed by atoms with Crippen LogP contribution >= 0.6 is 0 Å². The number of nitrogens with one attached hydrogen (secondary N) is 2. The number of hydrogen-bond donors (Lipinski definition) is 4. The summed E-state index contributed by atoms with van der Waals surface area (Å²) in [6, 6.07) is 9.55. The van der Waals surface area contributed by atoms with Crippen molar-refractivity contribution < 1.29 is 37.0 Å². The zero-order valence-electron chi connectivity index (χ0n) is 21.6. The number of benzene rings is 2. The van der Waals surface area contributed by atoms with Gasteiger partial charge in [-0.25, -0.2) is 14.2 Å². The number of nitrogens with two attached hydrogens (primary N) is 1. The number of halogens is 4. The van der Waals surface area contributed by atoms with Crippen LogP contribution in [-0.2, 0) is 22.9 Å². The number of primary amides is 1. The summed E-state index contributed by atoms with van der Waals surface area (Å²) in [5.41, 5.74) is -0.553. The molecule has 0 saturated heterocycles. The Bertz CT molecular complexity index is 1760. The van der Waals surface area contributed by atoms with Gasteiger partial charge in [0.15, 0.2) is 0 Å². The van der Waals surface area contributed by atoms with Gasteiger partial charge in [0.1, 0.15) is 29.3 Å². The molecule has 214 valence electrons. The van der Waals surface area contributed by atoms with Crippen molar-refractivity contribution in [3.05, 3.63) is 81.7 Å². The van der Waals surface area contributed by atoms with Gasteiger partial charge in [0.25, 0.3) is 5.91 Å². The van der Waals surface area contributed by atoms with Crippen LogP contribution in [0.5, 0.6) is 5.75 Å². The van der Waals surface area contributed by atoms with E-state index in [9.17, 15) is 37.1 Å². The number of carbonyl (C=O) groups is 2. The van der Waals surface area contributed by atoms with E-state index < -0.39 is 52.8 Å². The van der Waals surface area contributed by atoms with Crippen molar-refractivity contribution in [2.75, 3.05) is 13.2 Å². The van der Waals surface area contributed by atoms with Crippen molar-refractivity contribution in [3.8, 4) is 17.0 Å². The second-order valence-electron chi connectivity index (χ2n) is 9.99. The van der Waals surface area contributed by atoms with Gasteiger partial charge in [-0.1, -0.05) is 0 Å². The van der Waals surface area contributed by atoms with Gasteiger partial charge in [-0.2, -0.15) is 13.2 Å². The number of amides is 2. The molecule has 5 N–H and O–H groups in total. The maximum atomic E-state index is 14.5. The minimum atomic E-state index is -5.36. The molecule has 0 fully saturated rings. The van der Waals surface area contributed by atoms with Gasteiger partial charge in [-0.05, 0) is 55.5 Å². The number of aliphatic hydroxyl groups is 1. The molecule has 0 saturated carbocycles. The minimum absolute atomic E-state index is 0.0413. The number of nitrogens with zero attached hydrogens (tertiary/aromatic N) is 2. The first-order chi connectivity index (χ1) is 19.2. The summed E-state index contributed by atoms with van der Waals surface area (Å²) in [4.78, 5) is 43.6. The normalized spacial score (nSPS) is 18.0. The average molecular weight is 574 g/mol. The highest BCUT2D eigenvalue weighted by Crippen LogP contribution is 2.47. The smallest absolute Gasteiger partial charge is 0.424 e. The Balaban J connectivity index is 1.58. The number of carbonyl (C=O) groups excluding carboxylic acids is 2. The van der Waals surface area contributed by atoms with Crippen molar-refractivity contribution in [1.82, 2.24) is 19.9 Å². The predicted molar refractivity (Wildman–Crippen MR) is 137 cm³/mol. The standard InChI is InChI=1S/C27H23F4N5O5/c1-25(23(32)38)12-41-21-16(25)10-19(35-20(21)13-3-6-15(28)7-4-13)26(40,27(29,30)31)11-33-22(37)14-5-8-18-17(9-14)34-24(39)36(18)2/h3-10,40H,11-12H2,1-2H3,(H2,32,38)(H,33,37)(H,34,39)/t25-,26-/m0/s1. The Morgan fingerprint density at radius 1 is 1.20 bits per heavy atom. The van der Waals surface area contributed by atoms with Gasteiger partial charge in [-0.3, -0.25) is 14.2 Å². The van der Waals surface area contributed by atoms with E-state index in [1.807, 2.05) is 0 Å². The molecule has 2 aromatic carbocycles. The monoisotopic (exact) mass is 573 g/mol. The van der Waals surface area contributed by atoms with Gasteiger partial charge in [0.05, 0.1) is 23.3 Å². The third kappa shape index (κ3) is 4.49. The lowest BCUT2D eigenvalue weighted by Crippen LogP contribution is -2.51. The average Bonchev–Trinajstić information content (AvgIpc) is 3.42. The number of H-pyrrole nitrogens is 1. The lowest BCUT2D eigenvalue weighted by molar-refractivity contribution is -0.265. The number of aromatic amines is 1. The van der Waals surface area contributed by atoms with Crippen molar-refractivity contribution in [3.63, 3.8) is 0 Å². The molecule has 0 aliphatic carbocycles. The summed E-state index contributed by atoms with van der Waals surface area (Å²) < 4.78 is 64.1. The molecule has 2 atom stereocenters. The number of hydrogen-bond acceptors (Lipinski definition) is 6. The number of imidazole rings is 1. The van der Waals surface area contributed by atoms with Gasteiger partial charge in [-0.15, -0.1) is 0 Å². The summed E-state index contributed by atoms with van der Waals surface area (Å²) in [6.07, 6.45) is -5.36. The highest BCUT2D eigenvalue weighted by atomic mass is 19.4. The summed E-state index contributed by atoms with van der Waals surface area (Å²) in [5.74, 6) is -2.52. The van der Waals surface area contributed by atoms with Crippen molar-refractivity contribution in [2.24, 2.45) is 12.8 Å². The topological polar surface area (TPSA) is 152 Å². The fourth-order valence-corrected chi connectivity index (χ4v) is 4.63. The van der Waals surface area contributed by atoms with Crippen LogP contribution in [-0.4, -0.2) is 50.8 Å². The van der Waals surface area contributed by atoms with E-state index in [1.54, 1.807) is 0 Å². The first kappa shape index (κ1) is 27.8. The maximum Gasteiger partial charge on any atom is 0.424 e. The van der Waals surface area contributed by atoms with Crippen LogP contribution in [0.3, 0.4) is 0 Å². The number of pyridine rings is 1. The quantitative estimate of drug-likeness (QED) is 0.260. The van der Waals surface area contributed by atoms with Crippen LogP contribution in [0.15, 0.2) is 53.3 Å². The molecule has 4 aromatic rings. The van der Waals surface area contributed by atoms with E-state index in [4.69, 9.17) is 10.5 Å². The Labute approximate surface area is 228 Å². The third-order valence-electron chi connectivity index (χ3n) is 7.30. The molecule has 1 aliphatic rings. The van der Waals surface area contributed by atoms with Gasteiger partial charge < -0.3 is 25.9 Å². The van der Waals surface area contributed by atoms with Crippen LogP contribution in [0, 0.1) is 5.82 Å². The minimum Gasteiger partial charge on any atom is -0.489 e. The number of rotatable bonds is 6. The van der Waals surface area contributed by atoms with Crippen LogP contribution in [0.25, 0.3) is 22.3 Å². The molecule has 41 heavy (non-hydrogen) atoms. The lowest BCUT2D eigenvalue weighted by Gasteiger charge is -2.31. The van der Waals surface area contributed by atoms with Crippen LogP contribution < -0.4 is 21.5 Å². The van der Waals surface area contributed by atoms with Crippen LogP contribution in [0.4, 0.5) is 17.6 Å². The second-order valence-corrected chi connectivity index (χ2v) is 9.99. The Morgan fingerprint density at radius 3 is 2.51 bits per heavy atom. The molecule has 0 radical (unpaired) electrons. The summed E-state index contributed by atoms with van der Waals surface area (Å²) >= 11 is 0. The summed E-state index contributed by atoms with van der Waals surface area (Å²) in [6.45, 7) is -0.290. The Hall–Kier alpha value is -4.72. The molecular formula is C27H23F4N5O5. The van der Waals surface area contributed by atoms with Crippen LogP contribution in [0.2, 0.25) is 0 Å². The van der Waals surface area contributed by atoms with E-state index in [0.29, 0.717) is 5.52 Å². The number of aryl methyl sites for hydroxylation is 1. The highest BCUT2D eigenvalue weighted by molar-refractivity contribution is 5.97. The largest absolute Gasteiger partial charge is 0.489 e. The van der Waals surface area contributed by atoms with E-state index >= 15 is 0 Å². The van der Waals surface area contributed by atoms with Gasteiger partial charge >= 0.3 is 11.9 Å². The fraction of sp³-hybridized carbons (Fsp3) is 0.259. The molecule has 3 heterocycles. The number of aromatic nitrogens is 3. The number of fused-ring (bicyclic) bond motifs is 2. The number of alkyl halides is 3. The number of ether oxygens (including phenoxy) is 1. The molecule has 14 heteroatoms. The molecular weight excluding hydrogens is 550 g/mol. The van der Waals surface area contributed by atoms with E-state index in [-0.39, 0.29) is 40.3 Å². The third-order valence-corrected chi connectivity index (χ3v) is 7.30. The molecule has 1 aliphatic heterocycles. The van der Waals surface area contributed by atoms with E-state index in [2.05, 4.69) is 15.3 Å². The molecule has 2 amide bonds. The highest BCUT2D eigenvalue weighted by Gasteiger charge is 2.57. The molecule has 2 aromatic heterocycles. The second kappa shape index (κ2) is 9.44. The first-order valence-corrected chi connectivity index (χ1v) is 12.2. The van der Waals surface area contributed by atoms with Crippen LogP contribution in [0.1, 0.15) is 28.5 Å². The van der Waals surface area contributed by atoms with E-state index in [0.717, 1.165) is 18.2 Å². The molecule has 0 spiro atoms. The zero-order chi connectivity index (χ0) is 29.9. The van der Waals surface area contributed by atoms with E-state index in [1.165, 1.54) is 48.9 Å². The maximum absolute atomic E-state index is 14.5. The summed E-state index contributed by atoms with van der Waals surface area (Å²) in [7, 11) is 1.50. The van der Waals surface area contributed by atoms with Crippen molar-refractivity contribution >= 4 is 22.8 Å². The Morgan fingerprint density at radius 2 is 1.88 bits per heavy atom. The summed E-state index contributed by atoms with van der Waals surface area (Å²) in [5, 5.41) is 13.2. The first-order valence-electron chi connectivity index (χ1n) is 12.2. The predicted octanol–water partition coefficient (Wildman–Crippen LogP) is 2.38. The molecule has 5 rings (SSSR count). The lowest BCUT2D eigenvalue weighted by atomic mass is 9.81. The van der Waals surface area contributed by atoms with Gasteiger partial charge in [0.2, 0.25) is 11.5 Å². The fourth-order valence-electron chi connectivity index (χ4n) is 4.63. The molecule has 10 nitrogen and oxygen atoms in total. The Kier molecular flexibility index (Phi) is 6.41.